The lowest BCUT2D eigenvalue weighted by atomic mass is 10.1. The van der Waals surface area contributed by atoms with Crippen molar-refractivity contribution in [3.8, 4) is 5.69 Å². The molecule has 0 aliphatic heterocycles. The van der Waals surface area contributed by atoms with Gasteiger partial charge in [0.05, 0.1) is 5.69 Å². The molecule has 0 fully saturated rings. The van der Waals surface area contributed by atoms with Crippen LogP contribution in [0.4, 0.5) is 5.69 Å². The van der Waals surface area contributed by atoms with Gasteiger partial charge in [0.1, 0.15) is 0 Å². The molecule has 0 saturated carbocycles. The Bertz CT molecular complexity index is 948. The maximum Gasteiger partial charge on any atom is 0.248 e. The third-order valence-electron chi connectivity index (χ3n) is 3.61. The number of hydrogen-bond donors (Lipinski definition) is 1. The smallest absolute Gasteiger partial charge is 0.248 e. The molecule has 0 bridgehead atoms. The highest BCUT2D eigenvalue weighted by Gasteiger charge is 2.05. The highest BCUT2D eigenvalue weighted by Crippen LogP contribution is 2.18. The third kappa shape index (κ3) is 4.10. The summed E-state index contributed by atoms with van der Waals surface area (Å²) >= 11 is 6.09. The molecule has 0 unspecified atom stereocenters. The van der Waals surface area contributed by atoms with Crippen molar-refractivity contribution in [1.82, 2.24) is 20.2 Å². The predicted molar refractivity (Wildman–Crippen MR) is 97.7 cm³/mol. The summed E-state index contributed by atoms with van der Waals surface area (Å²) in [6.07, 6.45) is 3.19. The van der Waals surface area contributed by atoms with E-state index in [1.165, 1.54) is 6.08 Å². The Morgan fingerprint density at radius 1 is 1.20 bits per heavy atom. The molecule has 0 saturated heterocycles. The minimum atomic E-state index is -0.234. The number of aromatic nitrogens is 4. The van der Waals surface area contributed by atoms with Crippen LogP contribution in [0, 0.1) is 13.8 Å². The molecule has 1 heterocycles. The second-order valence-corrected chi connectivity index (χ2v) is 5.93. The van der Waals surface area contributed by atoms with Crippen molar-refractivity contribution in [2.24, 2.45) is 0 Å². The lowest BCUT2D eigenvalue weighted by Crippen LogP contribution is -2.08. The van der Waals surface area contributed by atoms with Crippen LogP contribution in [0.3, 0.4) is 0 Å². The fourth-order valence-corrected chi connectivity index (χ4v) is 2.44. The van der Waals surface area contributed by atoms with E-state index >= 15 is 0 Å². The molecule has 1 amide bonds. The molecular weight excluding hydrogens is 338 g/mol. The fourth-order valence-electron chi connectivity index (χ4n) is 2.25. The molecule has 0 radical (unpaired) electrons. The maximum absolute atomic E-state index is 12.1. The van der Waals surface area contributed by atoms with Crippen LogP contribution in [0.2, 0.25) is 5.02 Å². The molecule has 0 spiro atoms. The SMILES string of the molecule is Cc1ccc(/C=C/C(=O)Nc2cccc(-n3nnnc3C)c2)cc1Cl. The van der Waals surface area contributed by atoms with E-state index in [2.05, 4.69) is 20.8 Å². The van der Waals surface area contributed by atoms with E-state index in [0.717, 1.165) is 16.8 Å². The summed E-state index contributed by atoms with van der Waals surface area (Å²) in [5.41, 5.74) is 3.29. The Kier molecular flexibility index (Phi) is 4.90. The number of benzene rings is 2. The number of anilines is 1. The zero-order chi connectivity index (χ0) is 17.8. The minimum Gasteiger partial charge on any atom is -0.322 e. The number of nitrogens with zero attached hydrogens (tertiary/aromatic N) is 4. The number of rotatable bonds is 4. The van der Waals surface area contributed by atoms with Crippen LogP contribution in [-0.2, 0) is 4.79 Å². The standard InChI is InChI=1S/C18H16ClN5O/c1-12-6-7-14(10-17(12)19)8-9-18(25)20-15-4-3-5-16(11-15)24-13(2)21-22-23-24/h3-11H,1-2H3,(H,20,25)/b9-8+. The predicted octanol–water partition coefficient (Wildman–Crippen LogP) is 3.58. The highest BCUT2D eigenvalue weighted by atomic mass is 35.5. The average Bonchev–Trinajstić information content (AvgIpc) is 3.02. The molecule has 6 nitrogen and oxygen atoms in total. The third-order valence-corrected chi connectivity index (χ3v) is 4.01. The van der Waals surface area contributed by atoms with Crippen LogP contribution in [0.25, 0.3) is 11.8 Å². The van der Waals surface area contributed by atoms with Gasteiger partial charge in [0.25, 0.3) is 0 Å². The zero-order valence-corrected chi connectivity index (χ0v) is 14.5. The number of carbonyl (C=O) groups excluding carboxylic acids is 1. The van der Waals surface area contributed by atoms with Crippen molar-refractivity contribution in [3.05, 3.63) is 70.5 Å². The Morgan fingerprint density at radius 3 is 2.76 bits per heavy atom. The normalized spacial score (nSPS) is 11.0. The molecule has 3 rings (SSSR count). The van der Waals surface area contributed by atoms with Gasteiger partial charge in [0, 0.05) is 16.8 Å². The maximum atomic E-state index is 12.1. The van der Waals surface area contributed by atoms with Crippen molar-refractivity contribution in [2.75, 3.05) is 5.32 Å². The van der Waals surface area contributed by atoms with Crippen LogP contribution in [0.5, 0.6) is 0 Å². The first-order valence-electron chi connectivity index (χ1n) is 7.63. The van der Waals surface area contributed by atoms with Gasteiger partial charge in [-0.3, -0.25) is 4.79 Å². The van der Waals surface area contributed by atoms with Gasteiger partial charge in [-0.1, -0.05) is 29.8 Å². The highest BCUT2D eigenvalue weighted by molar-refractivity contribution is 6.31. The molecule has 0 aliphatic carbocycles. The summed E-state index contributed by atoms with van der Waals surface area (Å²) < 4.78 is 1.60. The van der Waals surface area contributed by atoms with Gasteiger partial charge in [-0.25, -0.2) is 0 Å². The summed E-state index contributed by atoms with van der Waals surface area (Å²) in [5, 5.41) is 14.9. The Labute approximate surface area is 150 Å². The van der Waals surface area contributed by atoms with Crippen LogP contribution in [0.15, 0.2) is 48.5 Å². The first-order chi connectivity index (χ1) is 12.0. The van der Waals surface area contributed by atoms with E-state index < -0.39 is 0 Å². The van der Waals surface area contributed by atoms with Crippen LogP contribution >= 0.6 is 11.6 Å². The molecule has 0 atom stereocenters. The van der Waals surface area contributed by atoms with Crippen LogP contribution in [0.1, 0.15) is 17.0 Å². The summed E-state index contributed by atoms with van der Waals surface area (Å²) in [7, 11) is 0. The number of aryl methyl sites for hydroxylation is 2. The van der Waals surface area contributed by atoms with E-state index in [9.17, 15) is 4.79 Å². The van der Waals surface area contributed by atoms with Gasteiger partial charge < -0.3 is 5.32 Å². The summed E-state index contributed by atoms with van der Waals surface area (Å²) in [5.74, 6) is 0.432. The summed E-state index contributed by atoms with van der Waals surface area (Å²) in [6, 6.07) is 12.9. The Balaban J connectivity index is 1.72. The average molecular weight is 354 g/mol. The number of halogens is 1. The Hall–Kier alpha value is -2.99. The molecule has 7 heteroatoms. The first kappa shape index (κ1) is 16.9. The van der Waals surface area contributed by atoms with Crippen LogP contribution < -0.4 is 5.32 Å². The first-order valence-corrected chi connectivity index (χ1v) is 8.01. The van der Waals surface area contributed by atoms with Gasteiger partial charge in [0.15, 0.2) is 5.82 Å². The molecule has 2 aromatic carbocycles. The quantitative estimate of drug-likeness (QED) is 0.727. The second kappa shape index (κ2) is 7.27. The molecule has 126 valence electrons. The second-order valence-electron chi connectivity index (χ2n) is 5.52. The number of carbonyl (C=O) groups is 1. The zero-order valence-electron chi connectivity index (χ0n) is 13.8. The topological polar surface area (TPSA) is 72.7 Å². The number of amides is 1. The van der Waals surface area contributed by atoms with Crippen LogP contribution in [-0.4, -0.2) is 26.1 Å². The number of hydrogen-bond acceptors (Lipinski definition) is 4. The summed E-state index contributed by atoms with van der Waals surface area (Å²) in [4.78, 5) is 12.1. The van der Waals surface area contributed by atoms with Gasteiger partial charge in [-0.05, 0) is 65.7 Å². The molecular formula is C18H16ClN5O. The summed E-state index contributed by atoms with van der Waals surface area (Å²) in [6.45, 7) is 3.74. The molecule has 1 aromatic heterocycles. The van der Waals surface area contributed by atoms with E-state index in [1.54, 1.807) is 29.8 Å². The molecule has 25 heavy (non-hydrogen) atoms. The lowest BCUT2D eigenvalue weighted by molar-refractivity contribution is -0.111. The van der Waals surface area contributed by atoms with E-state index in [4.69, 9.17) is 11.6 Å². The Morgan fingerprint density at radius 2 is 2.04 bits per heavy atom. The van der Waals surface area contributed by atoms with Gasteiger partial charge in [-0.2, -0.15) is 4.68 Å². The number of nitrogens with one attached hydrogen (secondary N) is 1. The van der Waals surface area contributed by atoms with Crippen molar-refractivity contribution < 1.29 is 4.79 Å². The molecule has 3 aromatic rings. The van der Waals surface area contributed by atoms with E-state index in [-0.39, 0.29) is 5.91 Å². The van der Waals surface area contributed by atoms with Gasteiger partial charge >= 0.3 is 0 Å². The van der Waals surface area contributed by atoms with Crippen molar-refractivity contribution in [3.63, 3.8) is 0 Å². The lowest BCUT2D eigenvalue weighted by Gasteiger charge is -2.06. The number of tetrazole rings is 1. The monoisotopic (exact) mass is 353 g/mol. The molecule has 0 aliphatic rings. The van der Waals surface area contributed by atoms with Crippen molar-refractivity contribution in [1.29, 1.82) is 0 Å². The van der Waals surface area contributed by atoms with Crippen molar-refractivity contribution in [2.45, 2.75) is 13.8 Å². The molecule has 1 N–H and O–H groups in total. The fraction of sp³-hybridized carbons (Fsp3) is 0.111. The van der Waals surface area contributed by atoms with Gasteiger partial charge in [-0.15, -0.1) is 5.10 Å². The minimum absolute atomic E-state index is 0.234. The van der Waals surface area contributed by atoms with Crippen molar-refractivity contribution >= 4 is 29.3 Å². The van der Waals surface area contributed by atoms with Gasteiger partial charge in [0.2, 0.25) is 5.91 Å². The largest absolute Gasteiger partial charge is 0.322 e. The van der Waals surface area contributed by atoms with E-state index in [0.29, 0.717) is 16.5 Å². The van der Waals surface area contributed by atoms with E-state index in [1.807, 2.05) is 37.3 Å².